The van der Waals surface area contributed by atoms with Crippen LogP contribution in [0.4, 0.5) is 5.69 Å². The molecule has 84 valence electrons. The third-order valence-electron chi connectivity index (χ3n) is 2.49. The Morgan fingerprint density at radius 2 is 2.19 bits per heavy atom. The van der Waals surface area contributed by atoms with E-state index in [1.165, 1.54) is 0 Å². The molecule has 2 rings (SSSR count). The third kappa shape index (κ3) is 2.20. The quantitative estimate of drug-likeness (QED) is 0.671. The summed E-state index contributed by atoms with van der Waals surface area (Å²) in [7, 11) is 0. The van der Waals surface area contributed by atoms with Crippen LogP contribution >= 0.6 is 0 Å². The predicted octanol–water partition coefficient (Wildman–Crippen LogP) is 0.327. The predicted molar refractivity (Wildman–Crippen MR) is 59.5 cm³/mol. The first-order chi connectivity index (χ1) is 7.66. The van der Waals surface area contributed by atoms with Crippen molar-refractivity contribution in [1.82, 2.24) is 10.9 Å². The molecule has 1 heterocycles. The van der Waals surface area contributed by atoms with Crippen LogP contribution < -0.4 is 16.2 Å². The fourth-order valence-corrected chi connectivity index (χ4v) is 1.55. The number of benzene rings is 1. The van der Waals surface area contributed by atoms with E-state index in [-0.39, 0.29) is 18.2 Å². The fourth-order valence-electron chi connectivity index (χ4n) is 1.55. The lowest BCUT2D eigenvalue weighted by Crippen LogP contribution is -2.39. The highest BCUT2D eigenvalue weighted by molar-refractivity contribution is 5.99. The number of para-hydroxylation sites is 1. The number of carbonyl (C=O) groups excluding carboxylic acids is 2. The van der Waals surface area contributed by atoms with E-state index < -0.39 is 6.04 Å². The topological polar surface area (TPSA) is 70.2 Å². The molecule has 2 amide bonds. The zero-order valence-corrected chi connectivity index (χ0v) is 8.91. The van der Waals surface area contributed by atoms with Crippen LogP contribution in [0.5, 0.6) is 0 Å². The Morgan fingerprint density at radius 1 is 1.44 bits per heavy atom. The maximum absolute atomic E-state index is 11.7. The molecule has 0 bridgehead atoms. The minimum atomic E-state index is -0.493. The van der Waals surface area contributed by atoms with E-state index >= 15 is 0 Å². The minimum Gasteiger partial charge on any atom is -0.324 e. The number of aryl methyl sites for hydroxylation is 1. The zero-order chi connectivity index (χ0) is 11.5. The van der Waals surface area contributed by atoms with Crippen LogP contribution in [0.2, 0.25) is 0 Å². The van der Waals surface area contributed by atoms with Crippen molar-refractivity contribution in [3.05, 3.63) is 29.8 Å². The molecule has 16 heavy (non-hydrogen) atoms. The maximum Gasteiger partial charge on any atom is 0.243 e. The molecule has 5 heteroatoms. The normalized spacial score (nSPS) is 19.3. The van der Waals surface area contributed by atoms with Crippen molar-refractivity contribution in [2.24, 2.45) is 0 Å². The van der Waals surface area contributed by atoms with E-state index in [1.54, 1.807) is 0 Å². The van der Waals surface area contributed by atoms with Crippen LogP contribution in [0, 0.1) is 6.92 Å². The molecule has 0 aromatic heterocycles. The maximum atomic E-state index is 11.7. The van der Waals surface area contributed by atoms with Crippen molar-refractivity contribution < 1.29 is 9.59 Å². The number of amides is 2. The highest BCUT2D eigenvalue weighted by Gasteiger charge is 2.27. The molecule has 0 spiro atoms. The summed E-state index contributed by atoms with van der Waals surface area (Å²) < 4.78 is 0. The van der Waals surface area contributed by atoms with Crippen LogP contribution in [0.3, 0.4) is 0 Å². The van der Waals surface area contributed by atoms with Crippen LogP contribution in [0.1, 0.15) is 12.0 Å². The number of nitrogens with one attached hydrogen (secondary N) is 3. The molecule has 0 saturated carbocycles. The average Bonchev–Trinajstić information content (AvgIpc) is 2.68. The molecule has 1 aromatic carbocycles. The number of hydrazine groups is 1. The molecule has 1 atom stereocenters. The summed E-state index contributed by atoms with van der Waals surface area (Å²) in [5, 5.41) is 2.78. The van der Waals surface area contributed by atoms with Crippen molar-refractivity contribution in [3.63, 3.8) is 0 Å². The van der Waals surface area contributed by atoms with E-state index in [2.05, 4.69) is 16.2 Å². The summed E-state index contributed by atoms with van der Waals surface area (Å²) >= 11 is 0. The van der Waals surface area contributed by atoms with Gasteiger partial charge in [0.15, 0.2) is 0 Å². The fraction of sp³-hybridized carbons (Fsp3) is 0.273. The highest BCUT2D eigenvalue weighted by Crippen LogP contribution is 2.14. The van der Waals surface area contributed by atoms with Crippen molar-refractivity contribution in [2.75, 3.05) is 5.32 Å². The van der Waals surface area contributed by atoms with Gasteiger partial charge < -0.3 is 5.32 Å². The Morgan fingerprint density at radius 3 is 2.81 bits per heavy atom. The van der Waals surface area contributed by atoms with Gasteiger partial charge in [-0.15, -0.1) is 0 Å². The van der Waals surface area contributed by atoms with Crippen LogP contribution in [-0.2, 0) is 9.59 Å². The van der Waals surface area contributed by atoms with Gasteiger partial charge in [0.1, 0.15) is 6.04 Å². The van der Waals surface area contributed by atoms with Crippen molar-refractivity contribution in [2.45, 2.75) is 19.4 Å². The van der Waals surface area contributed by atoms with Gasteiger partial charge in [-0.05, 0) is 18.6 Å². The van der Waals surface area contributed by atoms with Crippen LogP contribution in [-0.4, -0.2) is 17.9 Å². The second-order valence-corrected chi connectivity index (χ2v) is 3.75. The van der Waals surface area contributed by atoms with Gasteiger partial charge in [-0.3, -0.25) is 15.0 Å². The smallest absolute Gasteiger partial charge is 0.243 e. The molecule has 0 radical (unpaired) electrons. The van der Waals surface area contributed by atoms with Crippen LogP contribution in [0.15, 0.2) is 24.3 Å². The monoisotopic (exact) mass is 219 g/mol. The van der Waals surface area contributed by atoms with E-state index in [0.29, 0.717) is 0 Å². The Bertz CT molecular complexity index is 431. The van der Waals surface area contributed by atoms with Gasteiger partial charge in [-0.25, -0.2) is 5.43 Å². The Labute approximate surface area is 93.2 Å². The summed E-state index contributed by atoms with van der Waals surface area (Å²) in [6.45, 7) is 1.92. The molecule has 0 aliphatic carbocycles. The van der Waals surface area contributed by atoms with Gasteiger partial charge in [0.2, 0.25) is 11.8 Å². The lowest BCUT2D eigenvalue weighted by Gasteiger charge is -2.11. The van der Waals surface area contributed by atoms with Crippen molar-refractivity contribution in [3.8, 4) is 0 Å². The average molecular weight is 219 g/mol. The Kier molecular flexibility index (Phi) is 2.87. The molecule has 1 saturated heterocycles. The second-order valence-electron chi connectivity index (χ2n) is 3.75. The zero-order valence-electron chi connectivity index (χ0n) is 8.91. The summed E-state index contributed by atoms with van der Waals surface area (Å²) in [4.78, 5) is 22.7. The molecule has 0 unspecified atom stereocenters. The molecule has 5 nitrogen and oxygen atoms in total. The number of carbonyl (C=O) groups is 2. The van der Waals surface area contributed by atoms with Crippen molar-refractivity contribution in [1.29, 1.82) is 0 Å². The van der Waals surface area contributed by atoms with Gasteiger partial charge in [0, 0.05) is 5.69 Å². The molecular weight excluding hydrogens is 206 g/mol. The number of hydrogen-bond donors (Lipinski definition) is 3. The SMILES string of the molecule is Cc1ccccc1NC(=O)[C@@H]1CC(=O)NN1. The summed E-state index contributed by atoms with van der Waals surface area (Å²) in [5.41, 5.74) is 6.80. The Hall–Kier alpha value is -1.88. The van der Waals surface area contributed by atoms with E-state index in [9.17, 15) is 9.59 Å². The lowest BCUT2D eigenvalue weighted by molar-refractivity contribution is -0.121. The Balaban J connectivity index is 2.03. The molecule has 1 fully saturated rings. The van der Waals surface area contributed by atoms with E-state index in [1.807, 2.05) is 31.2 Å². The minimum absolute atomic E-state index is 0.162. The first-order valence-electron chi connectivity index (χ1n) is 5.07. The second kappa shape index (κ2) is 4.32. The molecule has 1 aromatic rings. The first-order valence-corrected chi connectivity index (χ1v) is 5.07. The molecular formula is C11H13N3O2. The van der Waals surface area contributed by atoms with E-state index in [4.69, 9.17) is 0 Å². The van der Waals surface area contributed by atoms with Gasteiger partial charge in [-0.1, -0.05) is 18.2 Å². The molecule has 3 N–H and O–H groups in total. The van der Waals surface area contributed by atoms with Crippen molar-refractivity contribution >= 4 is 17.5 Å². The van der Waals surface area contributed by atoms with Gasteiger partial charge >= 0.3 is 0 Å². The standard InChI is InChI=1S/C11H13N3O2/c1-7-4-2-3-5-8(7)12-11(16)9-6-10(15)14-13-9/h2-5,9,13H,6H2,1H3,(H,12,16)(H,14,15)/t9-/m0/s1. The van der Waals surface area contributed by atoms with Gasteiger partial charge in [-0.2, -0.15) is 0 Å². The first kappa shape index (κ1) is 10.6. The van der Waals surface area contributed by atoms with Gasteiger partial charge in [0.25, 0.3) is 0 Å². The molecule has 1 aliphatic heterocycles. The number of anilines is 1. The highest BCUT2D eigenvalue weighted by atomic mass is 16.2. The van der Waals surface area contributed by atoms with Crippen LogP contribution in [0.25, 0.3) is 0 Å². The summed E-state index contributed by atoms with van der Waals surface area (Å²) in [6.07, 6.45) is 0.178. The molecule has 1 aliphatic rings. The largest absolute Gasteiger partial charge is 0.324 e. The van der Waals surface area contributed by atoms with Gasteiger partial charge in [0.05, 0.1) is 6.42 Å². The number of hydrogen-bond acceptors (Lipinski definition) is 3. The summed E-state index contributed by atoms with van der Waals surface area (Å²) in [5.74, 6) is -0.363. The lowest BCUT2D eigenvalue weighted by atomic mass is 10.1. The third-order valence-corrected chi connectivity index (χ3v) is 2.49. The van der Waals surface area contributed by atoms with E-state index in [0.717, 1.165) is 11.3 Å². The number of rotatable bonds is 2. The summed E-state index contributed by atoms with van der Waals surface area (Å²) in [6, 6.07) is 7.02.